The molecule has 0 saturated heterocycles. The molecular weight excluding hydrogens is 454 g/mol. The van der Waals surface area contributed by atoms with Crippen molar-refractivity contribution in [3.8, 4) is 11.4 Å². The fourth-order valence-electron chi connectivity index (χ4n) is 4.09. The Kier molecular flexibility index (Phi) is 5.72. The lowest BCUT2D eigenvalue weighted by molar-refractivity contribution is -0.116. The monoisotopic (exact) mass is 477 g/mol. The molecule has 33 heavy (non-hydrogen) atoms. The predicted molar refractivity (Wildman–Crippen MR) is 134 cm³/mol. The number of hydrogen-bond acceptors (Lipinski definition) is 6. The van der Waals surface area contributed by atoms with Crippen molar-refractivity contribution < 1.29 is 9.53 Å². The molecule has 8 heteroatoms. The van der Waals surface area contributed by atoms with Crippen LogP contribution in [-0.2, 0) is 4.79 Å². The molecule has 6 nitrogen and oxygen atoms in total. The Morgan fingerprint density at radius 3 is 2.67 bits per heavy atom. The van der Waals surface area contributed by atoms with Crippen LogP contribution in [0.3, 0.4) is 0 Å². The molecule has 0 saturated carbocycles. The van der Waals surface area contributed by atoms with Gasteiger partial charge in [0.25, 0.3) is 5.56 Å². The van der Waals surface area contributed by atoms with E-state index < -0.39 is 0 Å². The van der Waals surface area contributed by atoms with Gasteiger partial charge in [-0.2, -0.15) is 0 Å². The lowest BCUT2D eigenvalue weighted by Crippen LogP contribution is -2.39. The van der Waals surface area contributed by atoms with Crippen molar-refractivity contribution in [1.82, 2.24) is 9.55 Å². The molecule has 2 aromatic carbocycles. The summed E-state index contributed by atoms with van der Waals surface area (Å²) in [5.41, 5.74) is 5.31. The van der Waals surface area contributed by atoms with Crippen molar-refractivity contribution in [3.05, 3.63) is 74.9 Å². The van der Waals surface area contributed by atoms with Crippen molar-refractivity contribution in [2.24, 2.45) is 0 Å². The third kappa shape index (κ3) is 4.16. The zero-order chi connectivity index (χ0) is 23.1. The molecule has 3 heterocycles. The summed E-state index contributed by atoms with van der Waals surface area (Å²) < 4.78 is 7.97. The second kappa shape index (κ2) is 8.68. The van der Waals surface area contributed by atoms with Crippen LogP contribution < -0.4 is 15.2 Å². The van der Waals surface area contributed by atoms with Crippen molar-refractivity contribution in [1.29, 1.82) is 0 Å². The summed E-state index contributed by atoms with van der Waals surface area (Å²) in [7, 11) is 0. The molecule has 2 aromatic heterocycles. The van der Waals surface area contributed by atoms with E-state index in [0.717, 1.165) is 33.8 Å². The number of aromatic nitrogens is 2. The van der Waals surface area contributed by atoms with Gasteiger partial charge in [-0.1, -0.05) is 23.9 Å². The summed E-state index contributed by atoms with van der Waals surface area (Å²) in [6.07, 6.45) is 0. The Bertz CT molecular complexity index is 1420. The van der Waals surface area contributed by atoms with Gasteiger partial charge in [-0.15, -0.1) is 11.3 Å². The Balaban J connectivity index is 1.50. The Labute approximate surface area is 199 Å². The largest absolute Gasteiger partial charge is 0.490 e. The number of aryl methyl sites for hydroxylation is 3. The highest BCUT2D eigenvalue weighted by Crippen LogP contribution is 2.33. The van der Waals surface area contributed by atoms with E-state index in [1.165, 1.54) is 23.1 Å². The molecule has 0 aliphatic carbocycles. The first kappa shape index (κ1) is 21.7. The van der Waals surface area contributed by atoms with Crippen molar-refractivity contribution in [2.75, 3.05) is 23.8 Å². The Morgan fingerprint density at radius 1 is 1.09 bits per heavy atom. The molecule has 0 radical (unpaired) electrons. The van der Waals surface area contributed by atoms with Crippen LogP contribution in [0, 0.1) is 20.8 Å². The van der Waals surface area contributed by atoms with Crippen LogP contribution in [0.1, 0.15) is 16.7 Å². The van der Waals surface area contributed by atoms with Crippen molar-refractivity contribution in [3.63, 3.8) is 0 Å². The number of carbonyl (C=O) groups is 1. The highest BCUT2D eigenvalue weighted by atomic mass is 32.2. The molecule has 0 spiro atoms. The minimum Gasteiger partial charge on any atom is -0.490 e. The lowest BCUT2D eigenvalue weighted by Gasteiger charge is -2.29. The highest BCUT2D eigenvalue weighted by Gasteiger charge is 2.25. The van der Waals surface area contributed by atoms with Crippen LogP contribution in [0.25, 0.3) is 15.9 Å². The SMILES string of the molecule is Cc1cc(C)cc(-n2c(SCC(=O)N3CCOc4ccc(C)cc43)nc3ccsc3c2=O)c1. The number of carbonyl (C=O) groups excluding carboxylic acids is 1. The second-order valence-electron chi connectivity index (χ2n) is 8.17. The number of benzene rings is 2. The van der Waals surface area contributed by atoms with Gasteiger partial charge in [0.15, 0.2) is 5.16 Å². The van der Waals surface area contributed by atoms with Gasteiger partial charge in [0.05, 0.1) is 29.2 Å². The number of amides is 1. The van der Waals surface area contributed by atoms with Crippen LogP contribution in [0.4, 0.5) is 5.69 Å². The van der Waals surface area contributed by atoms with Crippen LogP contribution in [-0.4, -0.2) is 34.4 Å². The number of thioether (sulfide) groups is 1. The van der Waals surface area contributed by atoms with E-state index in [9.17, 15) is 9.59 Å². The first-order valence-electron chi connectivity index (χ1n) is 10.7. The van der Waals surface area contributed by atoms with Gasteiger partial charge in [0, 0.05) is 0 Å². The topological polar surface area (TPSA) is 64.4 Å². The molecule has 4 aromatic rings. The predicted octanol–water partition coefficient (Wildman–Crippen LogP) is 4.89. The van der Waals surface area contributed by atoms with Gasteiger partial charge in [0.1, 0.15) is 17.1 Å². The van der Waals surface area contributed by atoms with E-state index in [1.54, 1.807) is 9.47 Å². The summed E-state index contributed by atoms with van der Waals surface area (Å²) >= 11 is 2.68. The maximum atomic E-state index is 13.4. The smallest absolute Gasteiger partial charge is 0.276 e. The Morgan fingerprint density at radius 2 is 1.88 bits per heavy atom. The third-order valence-corrected chi connectivity index (χ3v) is 7.33. The first-order chi connectivity index (χ1) is 15.9. The van der Waals surface area contributed by atoms with Crippen LogP contribution in [0.5, 0.6) is 5.75 Å². The average Bonchev–Trinajstić information content (AvgIpc) is 3.25. The van der Waals surface area contributed by atoms with Crippen molar-refractivity contribution >= 4 is 44.9 Å². The maximum Gasteiger partial charge on any atom is 0.276 e. The van der Waals surface area contributed by atoms with Gasteiger partial charge >= 0.3 is 0 Å². The summed E-state index contributed by atoms with van der Waals surface area (Å²) in [4.78, 5) is 33.1. The number of anilines is 1. The van der Waals surface area contributed by atoms with E-state index in [0.29, 0.717) is 28.5 Å². The minimum atomic E-state index is -0.109. The van der Waals surface area contributed by atoms with Crippen molar-refractivity contribution in [2.45, 2.75) is 25.9 Å². The summed E-state index contributed by atoms with van der Waals surface area (Å²) in [5, 5.41) is 2.39. The molecule has 1 aliphatic heterocycles. The number of rotatable bonds is 4. The van der Waals surface area contributed by atoms with E-state index in [4.69, 9.17) is 9.72 Å². The average molecular weight is 478 g/mol. The summed E-state index contributed by atoms with van der Waals surface area (Å²) in [6.45, 7) is 6.96. The summed E-state index contributed by atoms with van der Waals surface area (Å²) in [5.74, 6) is 0.845. The Hall–Kier alpha value is -3.10. The van der Waals surface area contributed by atoms with Gasteiger partial charge in [0.2, 0.25) is 5.91 Å². The van der Waals surface area contributed by atoms with Gasteiger partial charge < -0.3 is 9.64 Å². The third-order valence-electron chi connectivity index (χ3n) is 5.52. The molecule has 168 valence electrons. The van der Waals surface area contributed by atoms with Gasteiger partial charge in [-0.3, -0.25) is 14.2 Å². The first-order valence-corrected chi connectivity index (χ1v) is 12.5. The molecule has 0 unspecified atom stereocenters. The van der Waals surface area contributed by atoms with E-state index in [2.05, 4.69) is 6.07 Å². The molecule has 0 fully saturated rings. The molecule has 0 N–H and O–H groups in total. The normalized spacial score (nSPS) is 13.1. The minimum absolute atomic E-state index is 0.0400. The van der Waals surface area contributed by atoms with Gasteiger partial charge in [-0.05, 0) is 73.2 Å². The zero-order valence-electron chi connectivity index (χ0n) is 18.6. The molecule has 1 amide bonds. The maximum absolute atomic E-state index is 13.4. The second-order valence-corrected chi connectivity index (χ2v) is 10.0. The summed E-state index contributed by atoms with van der Waals surface area (Å²) in [6, 6.07) is 13.7. The standard InChI is InChI=1S/C25H23N3O3S2/c1-15-4-5-21-20(13-15)27(7-8-31-21)22(29)14-33-25-26-19-6-9-32-23(19)24(30)28(25)18-11-16(2)10-17(3)12-18/h4-6,9-13H,7-8,14H2,1-3H3. The van der Waals surface area contributed by atoms with Crippen LogP contribution >= 0.6 is 23.1 Å². The van der Waals surface area contributed by atoms with E-state index in [-0.39, 0.29) is 17.2 Å². The van der Waals surface area contributed by atoms with E-state index in [1.807, 2.05) is 62.5 Å². The molecule has 1 aliphatic rings. The zero-order valence-corrected chi connectivity index (χ0v) is 20.3. The lowest BCUT2D eigenvalue weighted by atomic mass is 10.1. The number of ether oxygens (including phenoxy) is 1. The highest BCUT2D eigenvalue weighted by molar-refractivity contribution is 7.99. The molecule has 0 atom stereocenters. The fourth-order valence-corrected chi connectivity index (χ4v) is 5.74. The molecular formula is C25H23N3O3S2. The van der Waals surface area contributed by atoms with Crippen LogP contribution in [0.15, 0.2) is 57.8 Å². The molecule has 0 bridgehead atoms. The fraction of sp³-hybridized carbons (Fsp3) is 0.240. The quantitative estimate of drug-likeness (QED) is 0.309. The van der Waals surface area contributed by atoms with E-state index >= 15 is 0 Å². The van der Waals surface area contributed by atoms with Gasteiger partial charge in [-0.25, -0.2) is 4.98 Å². The number of fused-ring (bicyclic) bond motifs is 2. The number of nitrogens with zero attached hydrogens (tertiary/aromatic N) is 3. The number of hydrogen-bond donors (Lipinski definition) is 0. The molecule has 5 rings (SSSR count). The van der Waals surface area contributed by atoms with Crippen LogP contribution in [0.2, 0.25) is 0 Å². The number of thiophene rings is 1.